The van der Waals surface area contributed by atoms with Gasteiger partial charge in [0.15, 0.2) is 0 Å². The third-order valence-electron chi connectivity index (χ3n) is 1.15. The zero-order valence-electron chi connectivity index (χ0n) is 4.39. The highest BCUT2D eigenvalue weighted by atomic mass is 127. The van der Waals surface area contributed by atoms with E-state index in [1.807, 2.05) is 6.92 Å². The monoisotopic (exact) mass is 243 g/mol. The standard InChI is InChI=1S/C4H6INOS/c1-4(5)2-3(7)6(4)8/h8H,2H2,1H3/q-1. The Hall–Kier alpha value is 0.550. The number of β-lactam (4-membered cyclic amide) rings is 1. The molecule has 47 valence electrons. The quantitative estimate of drug-likeness (QED) is 0.162. The van der Waals surface area contributed by atoms with Gasteiger partial charge in [-0.25, -0.2) is 0 Å². The Morgan fingerprint density at radius 2 is 2.50 bits per heavy atom. The fourth-order valence-corrected chi connectivity index (χ4v) is 1.33. The Morgan fingerprint density at radius 1 is 2.00 bits per heavy atom. The average Bonchev–Trinajstić information content (AvgIpc) is 1.65. The van der Waals surface area contributed by atoms with Crippen LogP contribution >= 0.6 is 12.8 Å². The minimum absolute atomic E-state index is 0.0298. The van der Waals surface area contributed by atoms with Crippen molar-refractivity contribution < 1.29 is 27.4 Å². The third-order valence-corrected chi connectivity index (χ3v) is 3.06. The Morgan fingerprint density at radius 3 is 2.50 bits per heavy atom. The van der Waals surface area contributed by atoms with Crippen LogP contribution in [0.25, 0.3) is 0 Å². The van der Waals surface area contributed by atoms with Gasteiger partial charge in [0.05, 0.1) is 0 Å². The van der Waals surface area contributed by atoms with Crippen molar-refractivity contribution in [2.75, 3.05) is 0 Å². The molecule has 1 amide bonds. The number of amides is 1. The first-order valence-corrected chi connectivity index (χ1v) is 3.73. The summed E-state index contributed by atoms with van der Waals surface area (Å²) in [4.78, 5) is 10.5. The largest absolute Gasteiger partial charge is 0.765 e. The van der Waals surface area contributed by atoms with Gasteiger partial charge in [0.25, 0.3) is 0 Å². The maximum atomic E-state index is 10.5. The molecule has 1 radical (unpaired) electrons. The molecule has 0 aromatic rings. The lowest BCUT2D eigenvalue weighted by Crippen LogP contribution is -3.45. The Bertz CT molecular complexity index is 136. The predicted octanol–water partition coefficient (Wildman–Crippen LogP) is -2.67. The number of hydrogen-bond acceptors (Lipinski definition) is 2. The van der Waals surface area contributed by atoms with Crippen molar-refractivity contribution >= 4 is 18.7 Å². The number of alkyl halides is 1. The number of hydrogen-bond donors (Lipinski definition) is 1. The fraction of sp³-hybridized carbons (Fsp3) is 0.750. The summed E-state index contributed by atoms with van der Waals surface area (Å²) in [6, 6.07) is 0. The summed E-state index contributed by atoms with van der Waals surface area (Å²) in [5.41, 5.74) is 0. The zero-order valence-corrected chi connectivity index (χ0v) is 7.44. The number of carbonyl (C=O) groups is 1. The molecular formula is C4H6INOS-. The molecular weight excluding hydrogens is 237 g/mol. The van der Waals surface area contributed by atoms with E-state index in [9.17, 15) is 4.79 Å². The highest BCUT2D eigenvalue weighted by Gasteiger charge is 2.33. The van der Waals surface area contributed by atoms with Gasteiger partial charge < -0.3 is 26.9 Å². The van der Waals surface area contributed by atoms with Crippen molar-refractivity contribution in [2.45, 2.75) is 16.9 Å². The Balaban J connectivity index is 2.60. The van der Waals surface area contributed by atoms with Gasteiger partial charge in [-0.3, -0.25) is 4.79 Å². The Kier molecular flexibility index (Phi) is 1.47. The van der Waals surface area contributed by atoms with Gasteiger partial charge in [0.2, 0.25) is 5.91 Å². The van der Waals surface area contributed by atoms with Crippen LogP contribution in [0.4, 0.5) is 0 Å². The summed E-state index contributed by atoms with van der Waals surface area (Å²) < 4.78 is 1.42. The second kappa shape index (κ2) is 1.76. The van der Waals surface area contributed by atoms with Crippen LogP contribution in [0.3, 0.4) is 0 Å². The molecule has 0 bridgehead atoms. The highest BCUT2D eigenvalue weighted by molar-refractivity contribution is 7.78. The van der Waals surface area contributed by atoms with Gasteiger partial charge in [-0.1, -0.05) is 23.3 Å². The van der Waals surface area contributed by atoms with E-state index in [0.717, 1.165) is 0 Å². The molecule has 8 heavy (non-hydrogen) atoms. The number of halogens is 1. The summed E-state index contributed by atoms with van der Waals surface area (Å²) in [5, 5.41) is 0. The molecule has 1 atom stereocenters. The highest BCUT2D eigenvalue weighted by Crippen LogP contribution is 2.24. The molecule has 1 aliphatic heterocycles. The van der Waals surface area contributed by atoms with Crippen molar-refractivity contribution in [2.24, 2.45) is 0 Å². The summed E-state index contributed by atoms with van der Waals surface area (Å²) in [6.45, 7) is 1.97. The van der Waals surface area contributed by atoms with E-state index in [-0.39, 0.29) is 9.45 Å². The van der Waals surface area contributed by atoms with Crippen LogP contribution in [0, 0.1) is 0 Å². The van der Waals surface area contributed by atoms with Crippen molar-refractivity contribution in [1.82, 2.24) is 4.31 Å². The Labute approximate surface area is 67.3 Å². The van der Waals surface area contributed by atoms with Crippen molar-refractivity contribution in [1.29, 1.82) is 0 Å². The number of carbonyl (C=O) groups excluding carboxylic acids is 1. The maximum absolute atomic E-state index is 10.5. The SMILES string of the molecule is CC1([I-])CC(=O)N1S. The topological polar surface area (TPSA) is 20.3 Å². The van der Waals surface area contributed by atoms with E-state index in [1.165, 1.54) is 4.31 Å². The van der Waals surface area contributed by atoms with E-state index >= 15 is 0 Å². The van der Waals surface area contributed by atoms with Crippen LogP contribution in [-0.4, -0.2) is 13.8 Å². The molecule has 2 nitrogen and oxygen atoms in total. The van der Waals surface area contributed by atoms with E-state index < -0.39 is 0 Å². The summed E-state index contributed by atoms with van der Waals surface area (Å²) in [7, 11) is 0. The van der Waals surface area contributed by atoms with Crippen LogP contribution in [0.15, 0.2) is 0 Å². The molecule has 1 rings (SSSR count). The van der Waals surface area contributed by atoms with E-state index in [0.29, 0.717) is 6.42 Å². The molecule has 0 aromatic heterocycles. The summed E-state index contributed by atoms with van der Waals surface area (Å²) >= 11 is 6.13. The molecule has 1 unspecified atom stereocenters. The molecule has 0 aliphatic carbocycles. The molecule has 0 aromatic carbocycles. The molecule has 1 aliphatic rings. The first-order chi connectivity index (χ1) is 3.54. The summed E-state index contributed by atoms with van der Waals surface area (Å²) in [6.07, 6.45) is 0.622. The van der Waals surface area contributed by atoms with E-state index in [1.54, 1.807) is 0 Å². The van der Waals surface area contributed by atoms with Crippen LogP contribution in [-0.2, 0) is 4.79 Å². The lowest BCUT2D eigenvalue weighted by molar-refractivity contribution is -0.508. The molecule has 0 saturated carbocycles. The minimum atomic E-state index is -0.0298. The normalized spacial score (nSPS) is 37.4. The van der Waals surface area contributed by atoms with Crippen LogP contribution in [0.1, 0.15) is 13.3 Å². The van der Waals surface area contributed by atoms with Crippen molar-refractivity contribution in [3.8, 4) is 0 Å². The van der Waals surface area contributed by atoms with Crippen LogP contribution in [0.2, 0.25) is 0 Å². The van der Waals surface area contributed by atoms with Crippen LogP contribution in [0.5, 0.6) is 0 Å². The predicted molar refractivity (Wildman–Crippen MR) is 28.9 cm³/mol. The molecule has 0 N–H and O–H groups in total. The van der Waals surface area contributed by atoms with Gasteiger partial charge in [0.1, 0.15) is 0 Å². The van der Waals surface area contributed by atoms with Gasteiger partial charge in [-0.15, -0.1) is 0 Å². The van der Waals surface area contributed by atoms with Gasteiger partial charge in [0, 0.05) is 6.42 Å². The second-order valence-electron chi connectivity index (χ2n) is 2.02. The van der Waals surface area contributed by atoms with Gasteiger partial charge in [-0.05, 0) is 0 Å². The molecule has 0 spiro atoms. The van der Waals surface area contributed by atoms with Gasteiger partial charge >= 0.3 is 0 Å². The fourth-order valence-electron chi connectivity index (χ4n) is 0.595. The number of rotatable bonds is 0. The first-order valence-electron chi connectivity index (χ1n) is 2.25. The molecule has 4 heteroatoms. The van der Waals surface area contributed by atoms with Crippen LogP contribution < -0.4 is 22.6 Å². The van der Waals surface area contributed by atoms with E-state index in [2.05, 4.69) is 35.4 Å². The molecule has 1 fully saturated rings. The van der Waals surface area contributed by atoms with Crippen molar-refractivity contribution in [3.05, 3.63) is 0 Å². The summed E-state index contributed by atoms with van der Waals surface area (Å²) in [5.74, 6) is 0.116. The number of thiol groups is 1. The maximum Gasteiger partial charge on any atom is 0.231 e. The lowest BCUT2D eigenvalue weighted by Gasteiger charge is -2.53. The zero-order chi connectivity index (χ0) is 6.36. The van der Waals surface area contributed by atoms with Gasteiger partial charge in [-0.2, -0.15) is 0 Å². The average molecular weight is 243 g/mol. The van der Waals surface area contributed by atoms with E-state index in [4.69, 9.17) is 0 Å². The molecule has 1 heterocycles. The minimum Gasteiger partial charge on any atom is -0.765 e. The van der Waals surface area contributed by atoms with Crippen molar-refractivity contribution in [3.63, 3.8) is 0 Å². The molecule has 1 saturated heterocycles. The third kappa shape index (κ3) is 0.834. The number of nitrogens with zero attached hydrogens (tertiary/aromatic N) is 1. The smallest absolute Gasteiger partial charge is 0.231 e. The second-order valence-corrected chi connectivity index (χ2v) is 4.75. The first kappa shape index (κ1) is 6.67. The lowest BCUT2D eigenvalue weighted by atomic mass is 10.1.